The zero-order valence-electron chi connectivity index (χ0n) is 9.48. The van der Waals surface area contributed by atoms with Gasteiger partial charge in [-0.1, -0.05) is 22.9 Å². The number of nitrogens with zero attached hydrogens (tertiary/aromatic N) is 1. The van der Waals surface area contributed by atoms with Crippen LogP contribution in [0, 0.1) is 0 Å². The Kier molecular flexibility index (Phi) is 3.01. The number of hydrogen-bond acceptors (Lipinski definition) is 5. The number of anilines is 1. The Bertz CT molecular complexity index is 585. The standard InChI is InChI=1S/C12H11ClN2O2S/c13-8-4-7(10-6-15-12(14)18-10)5-9-11(8)17-3-1-2-16-9/h4-6H,1-3H2,(H2,14,15). The Balaban J connectivity index is 2.07. The van der Waals surface area contributed by atoms with E-state index in [1.165, 1.54) is 11.3 Å². The first-order valence-electron chi connectivity index (χ1n) is 5.55. The molecular formula is C12H11ClN2O2S. The van der Waals surface area contributed by atoms with Gasteiger partial charge in [0.15, 0.2) is 16.6 Å². The van der Waals surface area contributed by atoms with Crippen molar-refractivity contribution >= 4 is 28.1 Å². The van der Waals surface area contributed by atoms with E-state index in [0.29, 0.717) is 34.9 Å². The van der Waals surface area contributed by atoms with Crippen LogP contribution in [-0.4, -0.2) is 18.2 Å². The maximum Gasteiger partial charge on any atom is 0.180 e. The van der Waals surface area contributed by atoms with E-state index in [1.807, 2.05) is 12.1 Å². The summed E-state index contributed by atoms with van der Waals surface area (Å²) in [6.45, 7) is 1.26. The van der Waals surface area contributed by atoms with Gasteiger partial charge in [0, 0.05) is 12.6 Å². The molecule has 94 valence electrons. The van der Waals surface area contributed by atoms with Crippen molar-refractivity contribution in [3.05, 3.63) is 23.4 Å². The first-order valence-corrected chi connectivity index (χ1v) is 6.74. The van der Waals surface area contributed by atoms with Crippen molar-refractivity contribution in [1.82, 2.24) is 4.98 Å². The van der Waals surface area contributed by atoms with E-state index in [2.05, 4.69) is 4.98 Å². The third-order valence-corrected chi connectivity index (χ3v) is 3.77. The fraction of sp³-hybridized carbons (Fsp3) is 0.250. The number of nitrogen functional groups attached to an aromatic ring is 1. The van der Waals surface area contributed by atoms with Gasteiger partial charge in [-0.3, -0.25) is 0 Å². The fourth-order valence-electron chi connectivity index (χ4n) is 1.79. The number of nitrogens with two attached hydrogens (primary N) is 1. The predicted molar refractivity (Wildman–Crippen MR) is 72.6 cm³/mol. The molecule has 0 atom stereocenters. The summed E-state index contributed by atoms with van der Waals surface area (Å²) < 4.78 is 11.2. The minimum absolute atomic E-state index is 0.535. The molecular weight excluding hydrogens is 272 g/mol. The van der Waals surface area contributed by atoms with Gasteiger partial charge in [-0.2, -0.15) is 0 Å². The second-order valence-corrected chi connectivity index (χ2v) is 5.37. The molecule has 2 heterocycles. The minimum Gasteiger partial charge on any atom is -0.489 e. The lowest BCUT2D eigenvalue weighted by molar-refractivity contribution is 0.297. The topological polar surface area (TPSA) is 57.4 Å². The van der Waals surface area contributed by atoms with Crippen molar-refractivity contribution in [1.29, 1.82) is 0 Å². The number of rotatable bonds is 1. The van der Waals surface area contributed by atoms with Crippen molar-refractivity contribution in [2.45, 2.75) is 6.42 Å². The lowest BCUT2D eigenvalue weighted by Gasteiger charge is -2.10. The number of halogens is 1. The second-order valence-electron chi connectivity index (χ2n) is 3.90. The van der Waals surface area contributed by atoms with Crippen LogP contribution in [0.1, 0.15) is 6.42 Å². The zero-order valence-corrected chi connectivity index (χ0v) is 11.1. The molecule has 0 bridgehead atoms. The zero-order chi connectivity index (χ0) is 12.5. The van der Waals surface area contributed by atoms with E-state index in [1.54, 1.807) is 6.20 Å². The summed E-state index contributed by atoms with van der Waals surface area (Å²) in [7, 11) is 0. The summed E-state index contributed by atoms with van der Waals surface area (Å²) >= 11 is 7.64. The molecule has 3 rings (SSSR count). The van der Waals surface area contributed by atoms with Crippen LogP contribution in [0.4, 0.5) is 5.13 Å². The van der Waals surface area contributed by atoms with E-state index in [-0.39, 0.29) is 0 Å². The molecule has 0 amide bonds. The normalized spacial score (nSPS) is 14.3. The van der Waals surface area contributed by atoms with Gasteiger partial charge in [0.05, 0.1) is 23.1 Å². The van der Waals surface area contributed by atoms with Crippen molar-refractivity contribution in [3.63, 3.8) is 0 Å². The molecule has 2 aromatic rings. The fourth-order valence-corrected chi connectivity index (χ4v) is 2.73. The molecule has 0 aliphatic carbocycles. The molecule has 4 nitrogen and oxygen atoms in total. The number of ether oxygens (including phenoxy) is 2. The Morgan fingerprint density at radius 2 is 2.11 bits per heavy atom. The molecule has 0 saturated carbocycles. The monoisotopic (exact) mass is 282 g/mol. The highest BCUT2D eigenvalue weighted by Crippen LogP contribution is 2.41. The molecule has 18 heavy (non-hydrogen) atoms. The first-order chi connectivity index (χ1) is 8.74. The molecule has 0 unspecified atom stereocenters. The molecule has 1 aliphatic rings. The predicted octanol–water partition coefficient (Wildman–Crippen LogP) is 3.21. The number of aromatic nitrogens is 1. The van der Waals surface area contributed by atoms with Gasteiger partial charge >= 0.3 is 0 Å². The molecule has 6 heteroatoms. The Hall–Kier alpha value is -1.46. The molecule has 1 aliphatic heterocycles. The average Bonchev–Trinajstić information content (AvgIpc) is 2.63. The van der Waals surface area contributed by atoms with Crippen LogP contribution in [-0.2, 0) is 0 Å². The summed E-state index contributed by atoms with van der Waals surface area (Å²) in [4.78, 5) is 5.00. The quantitative estimate of drug-likeness (QED) is 0.872. The molecule has 0 fully saturated rings. The first kappa shape index (κ1) is 11.6. The number of thiazole rings is 1. The summed E-state index contributed by atoms with van der Waals surface area (Å²) in [6.07, 6.45) is 2.59. The lowest BCUT2D eigenvalue weighted by Crippen LogP contribution is -1.97. The van der Waals surface area contributed by atoms with Crippen LogP contribution in [0.2, 0.25) is 5.02 Å². The highest BCUT2D eigenvalue weighted by atomic mass is 35.5. The van der Waals surface area contributed by atoms with Gasteiger partial charge in [0.2, 0.25) is 0 Å². The van der Waals surface area contributed by atoms with Crippen LogP contribution in [0.25, 0.3) is 10.4 Å². The van der Waals surface area contributed by atoms with Gasteiger partial charge in [-0.15, -0.1) is 0 Å². The summed E-state index contributed by atoms with van der Waals surface area (Å²) in [6, 6.07) is 3.77. The van der Waals surface area contributed by atoms with Gasteiger partial charge < -0.3 is 15.2 Å². The van der Waals surface area contributed by atoms with Crippen LogP contribution >= 0.6 is 22.9 Å². The summed E-state index contributed by atoms with van der Waals surface area (Å²) in [5.74, 6) is 1.30. The van der Waals surface area contributed by atoms with Crippen molar-refractivity contribution < 1.29 is 9.47 Å². The highest BCUT2D eigenvalue weighted by molar-refractivity contribution is 7.18. The van der Waals surface area contributed by atoms with Crippen molar-refractivity contribution in [3.8, 4) is 21.9 Å². The number of hydrogen-bond donors (Lipinski definition) is 1. The van der Waals surface area contributed by atoms with Crippen LogP contribution < -0.4 is 15.2 Å². The third-order valence-electron chi connectivity index (χ3n) is 2.61. The van der Waals surface area contributed by atoms with Crippen molar-refractivity contribution in [2.24, 2.45) is 0 Å². The van der Waals surface area contributed by atoms with E-state index >= 15 is 0 Å². The van der Waals surface area contributed by atoms with E-state index in [9.17, 15) is 0 Å². The Labute approximate surface area is 113 Å². The minimum atomic E-state index is 0.535. The number of fused-ring (bicyclic) bond motifs is 1. The molecule has 1 aromatic carbocycles. The second kappa shape index (κ2) is 4.66. The van der Waals surface area contributed by atoms with Crippen LogP contribution in [0.15, 0.2) is 18.3 Å². The van der Waals surface area contributed by atoms with Gasteiger partial charge in [-0.25, -0.2) is 4.98 Å². The van der Waals surface area contributed by atoms with E-state index in [4.69, 9.17) is 26.8 Å². The highest BCUT2D eigenvalue weighted by Gasteiger charge is 2.16. The Morgan fingerprint density at radius 1 is 1.28 bits per heavy atom. The van der Waals surface area contributed by atoms with Gasteiger partial charge in [0.1, 0.15) is 0 Å². The summed E-state index contributed by atoms with van der Waals surface area (Å²) in [5.41, 5.74) is 6.58. The molecule has 2 N–H and O–H groups in total. The SMILES string of the molecule is Nc1ncc(-c2cc(Cl)c3c(c2)OCCCO3)s1. The number of benzene rings is 1. The van der Waals surface area contributed by atoms with Gasteiger partial charge in [0.25, 0.3) is 0 Å². The maximum atomic E-state index is 6.22. The lowest BCUT2D eigenvalue weighted by atomic mass is 10.2. The van der Waals surface area contributed by atoms with E-state index in [0.717, 1.165) is 16.9 Å². The molecule has 1 aromatic heterocycles. The molecule has 0 saturated heterocycles. The molecule has 0 radical (unpaired) electrons. The van der Waals surface area contributed by atoms with Crippen LogP contribution in [0.3, 0.4) is 0 Å². The smallest absolute Gasteiger partial charge is 0.180 e. The van der Waals surface area contributed by atoms with Gasteiger partial charge in [-0.05, 0) is 17.7 Å². The average molecular weight is 283 g/mol. The largest absolute Gasteiger partial charge is 0.489 e. The van der Waals surface area contributed by atoms with E-state index < -0.39 is 0 Å². The third kappa shape index (κ3) is 2.11. The van der Waals surface area contributed by atoms with Crippen molar-refractivity contribution in [2.75, 3.05) is 18.9 Å². The Morgan fingerprint density at radius 3 is 2.89 bits per heavy atom. The summed E-state index contributed by atoms with van der Waals surface area (Å²) in [5, 5.41) is 1.09. The van der Waals surface area contributed by atoms with Crippen LogP contribution in [0.5, 0.6) is 11.5 Å². The maximum absolute atomic E-state index is 6.22. The molecule has 0 spiro atoms.